The maximum atomic E-state index is 13.6. The van der Waals surface area contributed by atoms with Crippen molar-refractivity contribution in [2.75, 3.05) is 13.1 Å². The molecule has 0 aromatic heterocycles. The smallest absolute Gasteiger partial charge is 0.253 e. The number of rotatable bonds is 4. The summed E-state index contributed by atoms with van der Waals surface area (Å²) in [5, 5.41) is 2.70. The first kappa shape index (κ1) is 18.1. The molecule has 1 saturated heterocycles. The van der Waals surface area contributed by atoms with E-state index in [9.17, 15) is 14.0 Å². The summed E-state index contributed by atoms with van der Waals surface area (Å²) in [6.07, 6.45) is 2.02. The molecule has 0 aliphatic carbocycles. The molecule has 136 valence electrons. The van der Waals surface area contributed by atoms with E-state index in [0.717, 1.165) is 25.9 Å². The second kappa shape index (κ2) is 8.13. The van der Waals surface area contributed by atoms with Crippen molar-refractivity contribution in [2.24, 2.45) is 5.92 Å². The van der Waals surface area contributed by atoms with E-state index in [1.54, 1.807) is 42.5 Å². The molecule has 1 N–H and O–H groups in total. The summed E-state index contributed by atoms with van der Waals surface area (Å²) in [6, 6.07) is 13.0. The number of nitrogens with one attached hydrogen (secondary N) is 1. The lowest BCUT2D eigenvalue weighted by molar-refractivity contribution is 0.0697. The Hall–Kier alpha value is -2.69. The zero-order valence-electron chi connectivity index (χ0n) is 14.9. The number of carbonyl (C=O) groups is 2. The zero-order chi connectivity index (χ0) is 18.5. The van der Waals surface area contributed by atoms with Crippen LogP contribution in [0.1, 0.15) is 46.0 Å². The third kappa shape index (κ3) is 4.28. The zero-order valence-corrected chi connectivity index (χ0v) is 14.9. The van der Waals surface area contributed by atoms with Gasteiger partial charge in [-0.15, -0.1) is 0 Å². The van der Waals surface area contributed by atoms with Crippen molar-refractivity contribution < 1.29 is 14.0 Å². The van der Waals surface area contributed by atoms with Crippen molar-refractivity contribution >= 4 is 11.8 Å². The summed E-state index contributed by atoms with van der Waals surface area (Å²) >= 11 is 0. The van der Waals surface area contributed by atoms with Crippen LogP contribution >= 0.6 is 0 Å². The molecule has 0 bridgehead atoms. The van der Waals surface area contributed by atoms with Gasteiger partial charge >= 0.3 is 0 Å². The Morgan fingerprint density at radius 2 is 1.77 bits per heavy atom. The molecule has 2 aromatic rings. The van der Waals surface area contributed by atoms with E-state index < -0.39 is 0 Å². The van der Waals surface area contributed by atoms with Gasteiger partial charge in [0.15, 0.2) is 0 Å². The van der Waals surface area contributed by atoms with Gasteiger partial charge in [0.2, 0.25) is 0 Å². The van der Waals surface area contributed by atoms with Crippen LogP contribution in [-0.2, 0) is 6.54 Å². The summed E-state index contributed by atoms with van der Waals surface area (Å²) in [4.78, 5) is 26.9. The molecule has 1 fully saturated rings. The van der Waals surface area contributed by atoms with Crippen LogP contribution in [0.4, 0.5) is 4.39 Å². The lowest BCUT2D eigenvalue weighted by Crippen LogP contribution is -2.38. The van der Waals surface area contributed by atoms with Gasteiger partial charge in [0, 0.05) is 36.3 Å². The molecule has 3 rings (SSSR count). The molecule has 0 saturated carbocycles. The highest BCUT2D eigenvalue weighted by Gasteiger charge is 2.22. The fraction of sp³-hybridized carbons (Fsp3) is 0.333. The average molecular weight is 354 g/mol. The van der Waals surface area contributed by atoms with Gasteiger partial charge in [-0.2, -0.15) is 0 Å². The Morgan fingerprint density at radius 3 is 2.50 bits per heavy atom. The van der Waals surface area contributed by atoms with E-state index >= 15 is 0 Å². The molecule has 0 spiro atoms. The number of amides is 2. The Morgan fingerprint density at radius 1 is 1.08 bits per heavy atom. The van der Waals surface area contributed by atoms with Gasteiger partial charge in [-0.25, -0.2) is 4.39 Å². The van der Waals surface area contributed by atoms with Gasteiger partial charge in [0.25, 0.3) is 11.8 Å². The number of halogens is 1. The van der Waals surface area contributed by atoms with Gasteiger partial charge < -0.3 is 10.2 Å². The number of carbonyl (C=O) groups excluding carboxylic acids is 2. The van der Waals surface area contributed by atoms with Gasteiger partial charge in [-0.3, -0.25) is 9.59 Å². The van der Waals surface area contributed by atoms with E-state index in [2.05, 4.69) is 12.2 Å². The first-order chi connectivity index (χ1) is 12.5. The summed E-state index contributed by atoms with van der Waals surface area (Å²) in [5.74, 6) is -0.0681. The molecular formula is C21H23FN2O2. The van der Waals surface area contributed by atoms with Crippen LogP contribution in [0, 0.1) is 11.7 Å². The minimum atomic E-state index is -0.351. The largest absolute Gasteiger partial charge is 0.348 e. The summed E-state index contributed by atoms with van der Waals surface area (Å²) in [5.41, 5.74) is 1.34. The molecular weight excluding hydrogens is 331 g/mol. The van der Waals surface area contributed by atoms with Crippen LogP contribution < -0.4 is 5.32 Å². The van der Waals surface area contributed by atoms with Crippen molar-refractivity contribution in [1.82, 2.24) is 10.2 Å². The SMILES string of the molecule is CC1CCN(C(=O)c2cccc(C(=O)NCc3ccccc3F)c2)CC1. The molecule has 2 aromatic carbocycles. The van der Waals surface area contributed by atoms with Gasteiger partial charge in [0.05, 0.1) is 0 Å². The number of hydrogen-bond donors (Lipinski definition) is 1. The Labute approximate surface area is 153 Å². The third-order valence-electron chi connectivity index (χ3n) is 4.84. The van der Waals surface area contributed by atoms with Gasteiger partial charge in [0.1, 0.15) is 5.82 Å². The molecule has 1 heterocycles. The Balaban J connectivity index is 1.65. The van der Waals surface area contributed by atoms with Crippen LogP contribution in [0.2, 0.25) is 0 Å². The van der Waals surface area contributed by atoms with Gasteiger partial charge in [-0.05, 0) is 43.0 Å². The third-order valence-corrected chi connectivity index (χ3v) is 4.84. The molecule has 2 amide bonds. The lowest BCUT2D eigenvalue weighted by Gasteiger charge is -2.30. The summed E-state index contributed by atoms with van der Waals surface area (Å²) in [6.45, 7) is 3.81. The van der Waals surface area contributed by atoms with Crippen molar-refractivity contribution in [2.45, 2.75) is 26.3 Å². The predicted octanol–water partition coefficient (Wildman–Crippen LogP) is 3.63. The topological polar surface area (TPSA) is 49.4 Å². The van der Waals surface area contributed by atoms with E-state index in [4.69, 9.17) is 0 Å². The normalized spacial score (nSPS) is 14.9. The Kier molecular flexibility index (Phi) is 5.66. The predicted molar refractivity (Wildman–Crippen MR) is 98.3 cm³/mol. The van der Waals surface area contributed by atoms with E-state index in [-0.39, 0.29) is 24.2 Å². The minimum absolute atomic E-state index is 0.0411. The van der Waals surface area contributed by atoms with Gasteiger partial charge in [-0.1, -0.05) is 31.2 Å². The number of piperidine rings is 1. The first-order valence-corrected chi connectivity index (χ1v) is 8.95. The van der Waals surface area contributed by atoms with Crippen LogP contribution in [0.3, 0.4) is 0 Å². The number of hydrogen-bond acceptors (Lipinski definition) is 2. The Bertz CT molecular complexity index is 798. The van der Waals surface area contributed by atoms with Crippen LogP contribution in [0.5, 0.6) is 0 Å². The highest BCUT2D eigenvalue weighted by Crippen LogP contribution is 2.18. The van der Waals surface area contributed by atoms with Crippen LogP contribution in [0.15, 0.2) is 48.5 Å². The van der Waals surface area contributed by atoms with Crippen LogP contribution in [0.25, 0.3) is 0 Å². The molecule has 0 radical (unpaired) electrons. The van der Waals surface area contributed by atoms with Crippen molar-refractivity contribution in [1.29, 1.82) is 0 Å². The molecule has 4 nitrogen and oxygen atoms in total. The van der Waals surface area contributed by atoms with Crippen molar-refractivity contribution in [3.63, 3.8) is 0 Å². The molecule has 1 aliphatic rings. The van der Waals surface area contributed by atoms with Crippen molar-refractivity contribution in [3.05, 3.63) is 71.0 Å². The van der Waals surface area contributed by atoms with Crippen LogP contribution in [-0.4, -0.2) is 29.8 Å². The fourth-order valence-electron chi connectivity index (χ4n) is 3.11. The van der Waals surface area contributed by atoms with E-state index in [1.165, 1.54) is 6.07 Å². The second-order valence-electron chi connectivity index (χ2n) is 6.83. The van der Waals surface area contributed by atoms with E-state index in [0.29, 0.717) is 22.6 Å². The second-order valence-corrected chi connectivity index (χ2v) is 6.83. The first-order valence-electron chi connectivity index (χ1n) is 8.95. The highest BCUT2D eigenvalue weighted by atomic mass is 19.1. The molecule has 1 aliphatic heterocycles. The maximum Gasteiger partial charge on any atom is 0.253 e. The maximum absolute atomic E-state index is 13.6. The molecule has 0 unspecified atom stereocenters. The molecule has 5 heteroatoms. The fourth-order valence-corrected chi connectivity index (χ4v) is 3.11. The molecule has 0 atom stereocenters. The number of benzene rings is 2. The minimum Gasteiger partial charge on any atom is -0.348 e. The van der Waals surface area contributed by atoms with E-state index in [1.807, 2.05) is 4.90 Å². The standard InChI is InChI=1S/C21H23FN2O2/c1-15-9-11-24(12-10-15)21(26)17-7-4-6-16(13-17)20(25)23-14-18-5-2-3-8-19(18)22/h2-8,13,15H,9-12,14H2,1H3,(H,23,25). The summed E-state index contributed by atoms with van der Waals surface area (Å²) < 4.78 is 13.6. The monoisotopic (exact) mass is 354 g/mol. The van der Waals surface area contributed by atoms with Crippen molar-refractivity contribution in [3.8, 4) is 0 Å². The highest BCUT2D eigenvalue weighted by molar-refractivity contribution is 5.99. The number of likely N-dealkylation sites (tertiary alicyclic amines) is 1. The molecule has 26 heavy (non-hydrogen) atoms. The summed E-state index contributed by atoms with van der Waals surface area (Å²) in [7, 11) is 0. The quantitative estimate of drug-likeness (QED) is 0.911. The number of nitrogens with zero attached hydrogens (tertiary/aromatic N) is 1. The average Bonchev–Trinajstić information content (AvgIpc) is 2.67. The lowest BCUT2D eigenvalue weighted by atomic mass is 9.98.